The van der Waals surface area contributed by atoms with Crippen LogP contribution in [0, 0.1) is 34.6 Å². The van der Waals surface area contributed by atoms with Gasteiger partial charge in [0.2, 0.25) is 6.40 Å². The maximum Gasteiger partial charge on any atom is 0.219 e. The van der Waals surface area contributed by atoms with E-state index in [1.165, 1.54) is 12.1 Å². The van der Waals surface area contributed by atoms with Gasteiger partial charge < -0.3 is 9.57 Å². The van der Waals surface area contributed by atoms with Crippen LogP contribution in [0.25, 0.3) is 22.3 Å². The van der Waals surface area contributed by atoms with E-state index in [1.54, 1.807) is 24.3 Å². The molecule has 0 amide bonds. The van der Waals surface area contributed by atoms with Crippen molar-refractivity contribution >= 4 is 6.40 Å². The van der Waals surface area contributed by atoms with E-state index in [0.29, 0.717) is 23.4 Å². The van der Waals surface area contributed by atoms with Gasteiger partial charge in [0.05, 0.1) is 11.6 Å². The Hall–Kier alpha value is -4.64. The van der Waals surface area contributed by atoms with E-state index in [9.17, 15) is 17.6 Å². The fourth-order valence-corrected chi connectivity index (χ4v) is 3.13. The molecule has 0 N–H and O–H groups in total. The maximum atomic E-state index is 14.4. The molecule has 4 rings (SSSR count). The van der Waals surface area contributed by atoms with Crippen LogP contribution in [-0.2, 0) is 0 Å². The number of oxime groups is 1. The zero-order valence-corrected chi connectivity index (χ0v) is 17.3. The lowest BCUT2D eigenvalue weighted by Gasteiger charge is -2.07. The van der Waals surface area contributed by atoms with Crippen LogP contribution in [-0.4, -0.2) is 6.40 Å². The SMILES string of the molecule is N#Cc1ccc(-c2ccc(OC=NOc3ccc(-c4cc(F)c(F)c(F)c4)c(F)c3)cc2)cc1. The van der Waals surface area contributed by atoms with Gasteiger partial charge in [-0.3, -0.25) is 0 Å². The molecule has 8 heteroatoms. The molecule has 0 radical (unpaired) electrons. The molecule has 0 aromatic heterocycles. The molecule has 0 aliphatic carbocycles. The van der Waals surface area contributed by atoms with Gasteiger partial charge in [-0.25, -0.2) is 17.6 Å². The predicted molar refractivity (Wildman–Crippen MR) is 118 cm³/mol. The minimum atomic E-state index is -1.62. The number of nitriles is 1. The Kier molecular flexibility index (Phi) is 6.55. The Morgan fingerprint density at radius 1 is 0.676 bits per heavy atom. The highest BCUT2D eigenvalue weighted by molar-refractivity contribution is 5.66. The monoisotopic (exact) mass is 462 g/mol. The van der Waals surface area contributed by atoms with E-state index in [1.807, 2.05) is 24.3 Å². The summed E-state index contributed by atoms with van der Waals surface area (Å²) in [6.45, 7) is 0. The number of ether oxygens (including phenoxy) is 1. The van der Waals surface area contributed by atoms with Crippen molar-refractivity contribution < 1.29 is 27.1 Å². The fourth-order valence-electron chi connectivity index (χ4n) is 3.13. The molecular weight excluding hydrogens is 448 g/mol. The second kappa shape index (κ2) is 9.88. The van der Waals surface area contributed by atoms with Crippen molar-refractivity contribution in [2.45, 2.75) is 0 Å². The van der Waals surface area contributed by atoms with Gasteiger partial charge in [0.1, 0.15) is 11.6 Å². The van der Waals surface area contributed by atoms with Crippen LogP contribution in [0.15, 0.2) is 84.0 Å². The maximum absolute atomic E-state index is 14.4. The number of nitrogens with zero attached hydrogens (tertiary/aromatic N) is 2. The number of benzene rings is 4. The Balaban J connectivity index is 1.37. The molecule has 0 saturated carbocycles. The van der Waals surface area contributed by atoms with Crippen LogP contribution in [0.1, 0.15) is 5.56 Å². The molecule has 0 aliphatic heterocycles. The first-order chi connectivity index (χ1) is 16.4. The molecule has 0 spiro atoms. The number of rotatable bonds is 6. The first-order valence-electron chi connectivity index (χ1n) is 9.85. The van der Waals surface area contributed by atoms with Crippen LogP contribution >= 0.6 is 0 Å². The summed E-state index contributed by atoms with van der Waals surface area (Å²) >= 11 is 0. The van der Waals surface area contributed by atoms with E-state index in [0.717, 1.165) is 23.6 Å². The standard InChI is InChI=1S/C26H14F4N2O2/c27-23-13-21(9-10-22(23)19-11-24(28)26(30)25(29)12-19)34-32-15-33-20-7-5-18(6-8-20)17-3-1-16(14-31)2-4-17/h1-13,15H. The summed E-state index contributed by atoms with van der Waals surface area (Å²) in [5.74, 6) is -4.80. The van der Waals surface area contributed by atoms with Gasteiger partial charge in [0.25, 0.3) is 0 Å². The molecule has 0 atom stereocenters. The number of halogens is 4. The zero-order valence-electron chi connectivity index (χ0n) is 17.3. The van der Waals surface area contributed by atoms with Gasteiger partial charge >= 0.3 is 0 Å². The highest BCUT2D eigenvalue weighted by Gasteiger charge is 2.14. The number of hydrogen-bond acceptors (Lipinski definition) is 4. The van der Waals surface area contributed by atoms with Crippen LogP contribution in [0.2, 0.25) is 0 Å². The lowest BCUT2D eigenvalue weighted by atomic mass is 10.0. The van der Waals surface area contributed by atoms with E-state index in [-0.39, 0.29) is 16.9 Å². The van der Waals surface area contributed by atoms with Gasteiger partial charge in [-0.05, 0) is 70.4 Å². The Morgan fingerprint density at radius 2 is 1.26 bits per heavy atom. The normalized spacial score (nSPS) is 10.8. The van der Waals surface area contributed by atoms with Crippen molar-refractivity contribution in [2.24, 2.45) is 5.16 Å². The third-order valence-electron chi connectivity index (χ3n) is 4.83. The topological polar surface area (TPSA) is 54.6 Å². The summed E-state index contributed by atoms with van der Waals surface area (Å²) in [5, 5.41) is 12.5. The van der Waals surface area contributed by atoms with E-state index < -0.39 is 23.3 Å². The first-order valence-corrected chi connectivity index (χ1v) is 9.85. The van der Waals surface area contributed by atoms with Crippen molar-refractivity contribution in [2.75, 3.05) is 0 Å². The van der Waals surface area contributed by atoms with Crippen molar-refractivity contribution in [3.05, 3.63) is 108 Å². The van der Waals surface area contributed by atoms with Gasteiger partial charge in [0, 0.05) is 11.6 Å². The molecule has 0 unspecified atom stereocenters. The molecule has 168 valence electrons. The Morgan fingerprint density at radius 3 is 1.85 bits per heavy atom. The second-order valence-electron chi connectivity index (χ2n) is 7.03. The highest BCUT2D eigenvalue weighted by Crippen LogP contribution is 2.29. The average molecular weight is 462 g/mol. The highest BCUT2D eigenvalue weighted by atomic mass is 19.2. The predicted octanol–water partition coefficient (Wildman–Crippen LogP) is 6.85. The first kappa shape index (κ1) is 22.6. The molecule has 0 aliphatic rings. The fraction of sp³-hybridized carbons (Fsp3) is 0. The quantitative estimate of drug-likeness (QED) is 0.104. The van der Waals surface area contributed by atoms with Crippen molar-refractivity contribution in [3.63, 3.8) is 0 Å². The summed E-state index contributed by atoms with van der Waals surface area (Å²) in [7, 11) is 0. The van der Waals surface area contributed by atoms with E-state index in [4.69, 9.17) is 14.8 Å². The summed E-state index contributed by atoms with van der Waals surface area (Å²) in [6.07, 6.45) is 1.02. The smallest absolute Gasteiger partial charge is 0.219 e. The summed E-state index contributed by atoms with van der Waals surface area (Å²) in [4.78, 5) is 5.05. The van der Waals surface area contributed by atoms with Gasteiger partial charge in [-0.1, -0.05) is 24.3 Å². The van der Waals surface area contributed by atoms with Gasteiger partial charge in [-0.15, -0.1) is 0 Å². The lowest BCUT2D eigenvalue weighted by Crippen LogP contribution is -1.95. The van der Waals surface area contributed by atoms with E-state index >= 15 is 0 Å². The summed E-state index contributed by atoms with van der Waals surface area (Å²) in [5.41, 5.74) is 2.16. The Bertz CT molecular complexity index is 1370. The Labute approximate surface area is 191 Å². The van der Waals surface area contributed by atoms with Crippen molar-refractivity contribution in [1.82, 2.24) is 0 Å². The molecule has 4 nitrogen and oxygen atoms in total. The molecular formula is C26H14F4N2O2. The molecule has 0 heterocycles. The van der Waals surface area contributed by atoms with Crippen molar-refractivity contribution in [3.8, 4) is 39.8 Å². The van der Waals surface area contributed by atoms with Crippen LogP contribution in [0.4, 0.5) is 17.6 Å². The minimum absolute atomic E-state index is 0.0142. The molecule has 0 bridgehead atoms. The van der Waals surface area contributed by atoms with Crippen LogP contribution in [0.3, 0.4) is 0 Å². The molecule has 4 aromatic rings. The van der Waals surface area contributed by atoms with E-state index in [2.05, 4.69) is 11.2 Å². The van der Waals surface area contributed by atoms with Gasteiger partial charge in [0.15, 0.2) is 23.2 Å². The summed E-state index contributed by atoms with van der Waals surface area (Å²) in [6, 6.07) is 21.3. The third-order valence-corrected chi connectivity index (χ3v) is 4.83. The second-order valence-corrected chi connectivity index (χ2v) is 7.03. The van der Waals surface area contributed by atoms with Gasteiger partial charge in [-0.2, -0.15) is 5.26 Å². The lowest BCUT2D eigenvalue weighted by molar-refractivity contribution is 0.330. The molecule has 4 aromatic carbocycles. The summed E-state index contributed by atoms with van der Waals surface area (Å²) < 4.78 is 59.7. The van der Waals surface area contributed by atoms with Crippen LogP contribution in [0.5, 0.6) is 11.5 Å². The third kappa shape index (κ3) is 5.05. The van der Waals surface area contributed by atoms with Crippen LogP contribution < -0.4 is 9.57 Å². The van der Waals surface area contributed by atoms with Crippen molar-refractivity contribution in [1.29, 1.82) is 5.26 Å². The largest absolute Gasteiger partial charge is 0.442 e. The molecule has 34 heavy (non-hydrogen) atoms. The molecule has 0 saturated heterocycles. The minimum Gasteiger partial charge on any atom is -0.442 e. The molecule has 0 fully saturated rings. The zero-order chi connectivity index (χ0) is 24.1. The average Bonchev–Trinajstić information content (AvgIpc) is 2.85. The number of hydrogen-bond donors (Lipinski definition) is 0.